The number of nitrogen functional groups attached to an aromatic ring is 1. The highest BCUT2D eigenvalue weighted by atomic mass is 19.4. The average molecular weight is 468 g/mol. The van der Waals surface area contributed by atoms with Crippen LogP contribution >= 0.6 is 0 Å². The molecule has 10 heteroatoms. The molecule has 1 saturated heterocycles. The molecule has 2 bridgehead atoms. The Morgan fingerprint density at radius 2 is 1.88 bits per heavy atom. The maximum atomic E-state index is 12.9. The van der Waals surface area contributed by atoms with Crippen LogP contribution in [-0.2, 0) is 6.18 Å². The first-order chi connectivity index (χ1) is 16.3. The summed E-state index contributed by atoms with van der Waals surface area (Å²) in [5.41, 5.74) is 6.45. The normalized spacial score (nSPS) is 21.4. The third-order valence-corrected chi connectivity index (χ3v) is 6.32. The van der Waals surface area contributed by atoms with Crippen LogP contribution in [0, 0.1) is 11.3 Å². The van der Waals surface area contributed by atoms with Gasteiger partial charge in [0.1, 0.15) is 29.5 Å². The van der Waals surface area contributed by atoms with E-state index in [4.69, 9.17) is 15.9 Å². The molecule has 0 amide bonds. The zero-order chi connectivity index (χ0) is 23.9. The third kappa shape index (κ3) is 4.41. The Morgan fingerprint density at radius 3 is 2.56 bits per heavy atom. The molecule has 3 unspecified atom stereocenters. The Kier molecular flexibility index (Phi) is 5.60. The number of nitrogens with one attached hydrogen (secondary N) is 3. The Labute approximate surface area is 194 Å². The van der Waals surface area contributed by atoms with Crippen LogP contribution in [-0.4, -0.2) is 34.3 Å². The van der Waals surface area contributed by atoms with Gasteiger partial charge in [-0.15, -0.1) is 0 Å². The van der Waals surface area contributed by atoms with Crippen molar-refractivity contribution < 1.29 is 17.9 Å². The van der Waals surface area contributed by atoms with E-state index in [1.165, 1.54) is 18.5 Å². The molecule has 2 fully saturated rings. The second-order valence-corrected chi connectivity index (χ2v) is 8.61. The number of ether oxygens (including phenoxy) is 1. The zero-order valence-corrected chi connectivity index (χ0v) is 18.1. The van der Waals surface area contributed by atoms with Crippen LogP contribution in [0.2, 0.25) is 0 Å². The largest absolute Gasteiger partial charge is 0.457 e. The molecule has 7 nitrogen and oxygen atoms in total. The predicted octanol–water partition coefficient (Wildman–Crippen LogP) is 4.45. The van der Waals surface area contributed by atoms with Crippen molar-refractivity contribution in [1.29, 1.82) is 5.41 Å². The molecule has 2 aromatic carbocycles. The lowest BCUT2D eigenvalue weighted by Gasteiger charge is -2.25. The number of alkyl halides is 3. The molecule has 0 spiro atoms. The molecule has 1 aromatic heterocycles. The van der Waals surface area contributed by atoms with Crippen LogP contribution in [0.25, 0.3) is 0 Å². The molecule has 1 saturated carbocycles. The van der Waals surface area contributed by atoms with Crippen molar-refractivity contribution in [2.24, 2.45) is 5.92 Å². The summed E-state index contributed by atoms with van der Waals surface area (Å²) in [6.07, 6.45) is -0.912. The van der Waals surface area contributed by atoms with Crippen molar-refractivity contribution in [3.63, 3.8) is 0 Å². The van der Waals surface area contributed by atoms with Crippen LogP contribution < -0.4 is 21.1 Å². The minimum absolute atomic E-state index is 0.0734. The van der Waals surface area contributed by atoms with Crippen molar-refractivity contribution in [3.05, 3.63) is 71.5 Å². The number of benzene rings is 2. The molecular weight excluding hydrogens is 445 g/mol. The number of rotatable bonds is 6. The zero-order valence-electron chi connectivity index (χ0n) is 18.1. The number of nitrogens with two attached hydrogens (primary N) is 1. The fraction of sp³-hybridized carbons (Fsp3) is 0.292. The van der Waals surface area contributed by atoms with E-state index in [9.17, 15) is 13.2 Å². The van der Waals surface area contributed by atoms with Gasteiger partial charge >= 0.3 is 6.18 Å². The minimum Gasteiger partial charge on any atom is -0.457 e. The van der Waals surface area contributed by atoms with E-state index in [0.29, 0.717) is 34.7 Å². The topological polar surface area (TPSA) is 109 Å². The van der Waals surface area contributed by atoms with E-state index >= 15 is 0 Å². The van der Waals surface area contributed by atoms with Crippen molar-refractivity contribution in [1.82, 2.24) is 15.3 Å². The Hall–Kier alpha value is -3.66. The van der Waals surface area contributed by atoms with Gasteiger partial charge < -0.3 is 21.1 Å². The number of hydrogen-bond donors (Lipinski definition) is 4. The maximum absolute atomic E-state index is 12.9. The Morgan fingerprint density at radius 1 is 1.09 bits per heavy atom. The summed E-state index contributed by atoms with van der Waals surface area (Å²) >= 11 is 0. The molecule has 1 aliphatic heterocycles. The molecule has 176 valence electrons. The number of piperidine rings is 1. The summed E-state index contributed by atoms with van der Waals surface area (Å²) in [5, 5.41) is 15.7. The van der Waals surface area contributed by atoms with E-state index in [-0.39, 0.29) is 23.3 Å². The SMILES string of the molecule is N=C(c1ccc(Oc2cccc(C(F)(F)F)c2)cc1)c1c(N)ncnc1NC1CC2CNC1C2. The van der Waals surface area contributed by atoms with Gasteiger partial charge in [-0.05, 0) is 67.8 Å². The monoisotopic (exact) mass is 468 g/mol. The summed E-state index contributed by atoms with van der Waals surface area (Å²) < 4.78 is 44.4. The maximum Gasteiger partial charge on any atom is 0.416 e. The highest BCUT2D eigenvalue weighted by Gasteiger charge is 2.40. The molecule has 5 N–H and O–H groups in total. The van der Waals surface area contributed by atoms with Crippen LogP contribution in [0.1, 0.15) is 29.5 Å². The second kappa shape index (κ2) is 8.60. The van der Waals surface area contributed by atoms with Gasteiger partial charge in [0.2, 0.25) is 0 Å². The number of hydrogen-bond acceptors (Lipinski definition) is 7. The minimum atomic E-state index is -4.45. The van der Waals surface area contributed by atoms with Crippen LogP contribution in [0.3, 0.4) is 0 Å². The van der Waals surface area contributed by atoms with Crippen molar-refractivity contribution in [2.75, 3.05) is 17.6 Å². The first kappa shape index (κ1) is 22.1. The predicted molar refractivity (Wildman–Crippen MR) is 122 cm³/mol. The Bertz CT molecular complexity index is 1210. The molecule has 3 aromatic rings. The number of halogens is 3. The van der Waals surface area contributed by atoms with E-state index < -0.39 is 11.7 Å². The lowest BCUT2D eigenvalue weighted by Crippen LogP contribution is -2.41. The van der Waals surface area contributed by atoms with Crippen LogP contribution in [0.15, 0.2) is 54.9 Å². The van der Waals surface area contributed by atoms with Gasteiger partial charge in [0.15, 0.2) is 0 Å². The van der Waals surface area contributed by atoms with Crippen LogP contribution in [0.5, 0.6) is 11.5 Å². The van der Waals surface area contributed by atoms with Gasteiger partial charge in [-0.2, -0.15) is 13.2 Å². The lowest BCUT2D eigenvalue weighted by molar-refractivity contribution is -0.137. The number of anilines is 2. The summed E-state index contributed by atoms with van der Waals surface area (Å²) in [6.45, 7) is 1.03. The number of aromatic nitrogens is 2. The molecule has 2 heterocycles. The lowest BCUT2D eigenvalue weighted by atomic mass is 10.0. The number of fused-ring (bicyclic) bond motifs is 2. The Balaban J connectivity index is 1.34. The summed E-state index contributed by atoms with van der Waals surface area (Å²) in [5.74, 6) is 1.78. The molecule has 0 radical (unpaired) electrons. The first-order valence-electron chi connectivity index (χ1n) is 10.9. The van der Waals surface area contributed by atoms with Crippen molar-refractivity contribution in [2.45, 2.75) is 31.1 Å². The smallest absolute Gasteiger partial charge is 0.416 e. The fourth-order valence-electron chi connectivity index (χ4n) is 4.65. The highest BCUT2D eigenvalue weighted by Crippen LogP contribution is 2.35. The number of nitrogens with zero attached hydrogens (tertiary/aromatic N) is 2. The van der Waals surface area contributed by atoms with Gasteiger partial charge in [-0.25, -0.2) is 9.97 Å². The van der Waals surface area contributed by atoms with Crippen LogP contribution in [0.4, 0.5) is 24.8 Å². The van der Waals surface area contributed by atoms with Gasteiger partial charge in [-0.3, -0.25) is 5.41 Å². The van der Waals surface area contributed by atoms with E-state index in [0.717, 1.165) is 31.5 Å². The van der Waals surface area contributed by atoms with Crippen molar-refractivity contribution >= 4 is 17.3 Å². The summed E-state index contributed by atoms with van der Waals surface area (Å²) in [6, 6.07) is 11.8. The van der Waals surface area contributed by atoms with Gasteiger partial charge in [0.25, 0.3) is 0 Å². The van der Waals surface area contributed by atoms with E-state index in [1.807, 2.05) is 0 Å². The molecule has 2 aliphatic rings. The standard InChI is InChI=1S/C24H23F3N6O/c25-24(26,27)15-2-1-3-17(10-15)34-16-6-4-14(5-7-16)21(28)20-22(29)31-12-32-23(20)33-19-9-13-8-18(19)30-11-13/h1-7,10,12-13,18-19,28,30H,8-9,11H2,(H3,29,31,32,33). The molecule has 3 atom stereocenters. The van der Waals surface area contributed by atoms with Gasteiger partial charge in [-0.1, -0.05) is 6.07 Å². The quantitative estimate of drug-likeness (QED) is 0.398. The highest BCUT2D eigenvalue weighted by molar-refractivity contribution is 6.16. The summed E-state index contributed by atoms with van der Waals surface area (Å²) in [7, 11) is 0. The summed E-state index contributed by atoms with van der Waals surface area (Å²) in [4.78, 5) is 8.41. The third-order valence-electron chi connectivity index (χ3n) is 6.32. The average Bonchev–Trinajstić information content (AvgIpc) is 3.42. The van der Waals surface area contributed by atoms with Crippen molar-refractivity contribution in [3.8, 4) is 11.5 Å². The molecular formula is C24H23F3N6O. The van der Waals surface area contributed by atoms with E-state index in [1.54, 1.807) is 24.3 Å². The van der Waals surface area contributed by atoms with Gasteiger partial charge in [0, 0.05) is 17.6 Å². The fourth-order valence-corrected chi connectivity index (χ4v) is 4.65. The van der Waals surface area contributed by atoms with Gasteiger partial charge in [0.05, 0.1) is 16.8 Å². The molecule has 1 aliphatic carbocycles. The molecule has 34 heavy (non-hydrogen) atoms. The first-order valence-corrected chi connectivity index (χ1v) is 10.9. The molecule has 5 rings (SSSR count). The van der Waals surface area contributed by atoms with E-state index in [2.05, 4.69) is 20.6 Å². The second-order valence-electron chi connectivity index (χ2n) is 8.61.